The highest BCUT2D eigenvalue weighted by molar-refractivity contribution is 9.10. The van der Waals surface area contributed by atoms with Crippen molar-refractivity contribution in [2.24, 2.45) is 5.84 Å². The molecule has 0 bridgehead atoms. The van der Waals surface area contributed by atoms with Crippen LogP contribution in [0.1, 0.15) is 22.7 Å². The topological polar surface area (TPSA) is 50.9 Å². The molecule has 3 nitrogen and oxygen atoms in total. The molecular weight excluding hydrogens is 290 g/mol. The van der Waals surface area contributed by atoms with Crippen molar-refractivity contribution in [1.82, 2.24) is 10.4 Å². The molecule has 1 unspecified atom stereocenters. The summed E-state index contributed by atoms with van der Waals surface area (Å²) in [5.41, 5.74) is 6.48. The maximum Gasteiger partial charge on any atom is 0.0511 e. The number of rotatable bonds is 4. The molecule has 2 rings (SSSR count). The van der Waals surface area contributed by atoms with Gasteiger partial charge in [0.25, 0.3) is 0 Å². The summed E-state index contributed by atoms with van der Waals surface area (Å²) in [6.45, 7) is 2.08. The summed E-state index contributed by atoms with van der Waals surface area (Å²) in [6.07, 6.45) is 4.43. The Kier molecular flexibility index (Phi) is 4.47. The molecule has 0 radical (unpaired) electrons. The largest absolute Gasteiger partial charge is 0.271 e. The number of nitrogens with zero attached hydrogens (tertiary/aromatic N) is 1. The van der Waals surface area contributed by atoms with Gasteiger partial charge in [0.2, 0.25) is 0 Å². The Balaban J connectivity index is 2.26. The maximum absolute atomic E-state index is 5.69. The normalized spacial score (nSPS) is 12.4. The van der Waals surface area contributed by atoms with E-state index in [-0.39, 0.29) is 6.04 Å². The Morgan fingerprint density at radius 3 is 2.67 bits per heavy atom. The molecular formula is C14H16BrN3. The summed E-state index contributed by atoms with van der Waals surface area (Å²) >= 11 is 3.63. The second kappa shape index (κ2) is 6.09. The van der Waals surface area contributed by atoms with Crippen LogP contribution in [0.5, 0.6) is 0 Å². The average molecular weight is 306 g/mol. The molecule has 0 aliphatic rings. The quantitative estimate of drug-likeness (QED) is 0.674. The van der Waals surface area contributed by atoms with Gasteiger partial charge in [0.15, 0.2) is 0 Å². The van der Waals surface area contributed by atoms with Gasteiger partial charge in [-0.05, 0) is 42.2 Å². The third-order valence-corrected chi connectivity index (χ3v) is 4.07. The van der Waals surface area contributed by atoms with E-state index < -0.39 is 0 Å². The lowest BCUT2D eigenvalue weighted by atomic mass is 9.99. The van der Waals surface area contributed by atoms with Crippen LogP contribution in [0.2, 0.25) is 0 Å². The molecule has 3 N–H and O–H groups in total. The number of benzene rings is 1. The Morgan fingerprint density at radius 2 is 2.00 bits per heavy atom. The highest BCUT2D eigenvalue weighted by atomic mass is 79.9. The van der Waals surface area contributed by atoms with Crippen molar-refractivity contribution >= 4 is 15.9 Å². The van der Waals surface area contributed by atoms with E-state index in [2.05, 4.69) is 45.4 Å². The third kappa shape index (κ3) is 2.96. The highest BCUT2D eigenvalue weighted by Crippen LogP contribution is 2.28. The zero-order valence-electron chi connectivity index (χ0n) is 10.2. The lowest BCUT2D eigenvalue weighted by Gasteiger charge is -2.19. The van der Waals surface area contributed by atoms with Crippen LogP contribution in [0.3, 0.4) is 0 Å². The smallest absolute Gasteiger partial charge is 0.0511 e. The summed E-state index contributed by atoms with van der Waals surface area (Å²) < 4.78 is 1.11. The van der Waals surface area contributed by atoms with Crippen molar-refractivity contribution in [3.63, 3.8) is 0 Å². The molecule has 0 spiro atoms. The molecule has 0 fully saturated rings. The SMILES string of the molecule is Cc1cccc(C(Cc2ccncc2)NN)c1Br. The minimum atomic E-state index is 0.0849. The van der Waals surface area contributed by atoms with Gasteiger partial charge in [0, 0.05) is 16.9 Å². The van der Waals surface area contributed by atoms with Crippen molar-refractivity contribution in [2.75, 3.05) is 0 Å². The van der Waals surface area contributed by atoms with E-state index >= 15 is 0 Å². The number of hydrazine groups is 1. The predicted molar refractivity (Wildman–Crippen MR) is 76.9 cm³/mol. The third-order valence-electron chi connectivity index (χ3n) is 2.99. The summed E-state index contributed by atoms with van der Waals surface area (Å²) in [5, 5.41) is 0. The van der Waals surface area contributed by atoms with Crippen LogP contribution in [-0.4, -0.2) is 4.98 Å². The number of pyridine rings is 1. The minimum absolute atomic E-state index is 0.0849. The number of hydrogen-bond donors (Lipinski definition) is 2. The van der Waals surface area contributed by atoms with E-state index in [1.807, 2.05) is 18.2 Å². The molecule has 0 saturated heterocycles. The molecule has 1 heterocycles. The number of nitrogens with one attached hydrogen (secondary N) is 1. The lowest BCUT2D eigenvalue weighted by Crippen LogP contribution is -2.30. The summed E-state index contributed by atoms with van der Waals surface area (Å²) in [7, 11) is 0. The fraction of sp³-hybridized carbons (Fsp3) is 0.214. The number of aryl methyl sites for hydroxylation is 1. The van der Waals surface area contributed by atoms with E-state index in [0.717, 1.165) is 10.9 Å². The Labute approximate surface area is 116 Å². The van der Waals surface area contributed by atoms with Gasteiger partial charge in [-0.25, -0.2) is 0 Å². The van der Waals surface area contributed by atoms with Gasteiger partial charge in [-0.15, -0.1) is 0 Å². The standard InChI is InChI=1S/C14H16BrN3/c1-10-3-2-4-12(14(10)15)13(18-16)9-11-5-7-17-8-6-11/h2-8,13,18H,9,16H2,1H3. The fourth-order valence-corrected chi connectivity index (χ4v) is 2.49. The Hall–Kier alpha value is -1.23. The fourth-order valence-electron chi connectivity index (χ4n) is 1.95. The van der Waals surface area contributed by atoms with Crippen molar-refractivity contribution in [3.8, 4) is 0 Å². The predicted octanol–water partition coefficient (Wildman–Crippen LogP) is 2.90. The van der Waals surface area contributed by atoms with Gasteiger partial charge >= 0.3 is 0 Å². The van der Waals surface area contributed by atoms with E-state index in [1.165, 1.54) is 16.7 Å². The first-order valence-corrected chi connectivity index (χ1v) is 6.61. The molecule has 0 aliphatic heterocycles. The van der Waals surface area contributed by atoms with Crippen LogP contribution < -0.4 is 11.3 Å². The average Bonchev–Trinajstić information content (AvgIpc) is 2.41. The van der Waals surface area contributed by atoms with E-state index in [0.29, 0.717) is 0 Å². The zero-order chi connectivity index (χ0) is 13.0. The van der Waals surface area contributed by atoms with Crippen LogP contribution >= 0.6 is 15.9 Å². The first-order valence-electron chi connectivity index (χ1n) is 5.82. The summed E-state index contributed by atoms with van der Waals surface area (Å²) in [4.78, 5) is 4.02. The first kappa shape index (κ1) is 13.2. The monoisotopic (exact) mass is 305 g/mol. The number of aromatic nitrogens is 1. The zero-order valence-corrected chi connectivity index (χ0v) is 11.8. The molecule has 2 aromatic rings. The van der Waals surface area contributed by atoms with Crippen molar-refractivity contribution in [3.05, 3.63) is 63.9 Å². The Morgan fingerprint density at radius 1 is 1.28 bits per heavy atom. The van der Waals surface area contributed by atoms with Gasteiger partial charge in [-0.3, -0.25) is 16.3 Å². The summed E-state index contributed by atoms with van der Waals surface area (Å²) in [5.74, 6) is 5.69. The molecule has 4 heteroatoms. The molecule has 0 saturated carbocycles. The lowest BCUT2D eigenvalue weighted by molar-refractivity contribution is 0.549. The number of hydrogen-bond acceptors (Lipinski definition) is 3. The van der Waals surface area contributed by atoms with Crippen LogP contribution in [0.25, 0.3) is 0 Å². The number of nitrogens with two attached hydrogens (primary N) is 1. The molecule has 1 atom stereocenters. The van der Waals surface area contributed by atoms with Gasteiger partial charge in [-0.2, -0.15) is 0 Å². The van der Waals surface area contributed by atoms with Crippen LogP contribution in [0.15, 0.2) is 47.2 Å². The molecule has 18 heavy (non-hydrogen) atoms. The van der Waals surface area contributed by atoms with Gasteiger partial charge in [-0.1, -0.05) is 34.1 Å². The van der Waals surface area contributed by atoms with Gasteiger partial charge in [0.1, 0.15) is 0 Å². The van der Waals surface area contributed by atoms with E-state index in [1.54, 1.807) is 12.4 Å². The van der Waals surface area contributed by atoms with E-state index in [9.17, 15) is 0 Å². The van der Waals surface area contributed by atoms with Crippen LogP contribution in [0.4, 0.5) is 0 Å². The van der Waals surface area contributed by atoms with Crippen molar-refractivity contribution in [2.45, 2.75) is 19.4 Å². The van der Waals surface area contributed by atoms with Gasteiger partial charge in [0.05, 0.1) is 6.04 Å². The molecule has 0 aliphatic carbocycles. The molecule has 1 aromatic heterocycles. The molecule has 1 aromatic carbocycles. The highest BCUT2D eigenvalue weighted by Gasteiger charge is 2.14. The summed E-state index contributed by atoms with van der Waals surface area (Å²) in [6, 6.07) is 10.3. The van der Waals surface area contributed by atoms with Crippen molar-refractivity contribution < 1.29 is 0 Å². The second-order valence-corrected chi connectivity index (χ2v) is 5.05. The Bertz CT molecular complexity index is 514. The second-order valence-electron chi connectivity index (χ2n) is 4.26. The first-order chi connectivity index (χ1) is 8.72. The number of halogens is 1. The minimum Gasteiger partial charge on any atom is -0.271 e. The van der Waals surface area contributed by atoms with Gasteiger partial charge < -0.3 is 0 Å². The maximum atomic E-state index is 5.69. The van der Waals surface area contributed by atoms with Crippen LogP contribution in [-0.2, 0) is 6.42 Å². The molecule has 94 valence electrons. The van der Waals surface area contributed by atoms with Crippen LogP contribution in [0, 0.1) is 6.92 Å². The van der Waals surface area contributed by atoms with Crippen molar-refractivity contribution in [1.29, 1.82) is 0 Å². The molecule has 0 amide bonds. The van der Waals surface area contributed by atoms with E-state index in [4.69, 9.17) is 5.84 Å².